The van der Waals surface area contributed by atoms with Crippen LogP contribution >= 0.6 is 11.3 Å². The minimum atomic E-state index is -5.09. The molecule has 7 rings (SSSR count). The number of thiophene rings is 1. The molecule has 2 aliphatic heterocycles. The zero-order valence-electron chi connectivity index (χ0n) is 27.6. The second kappa shape index (κ2) is 12.1. The fourth-order valence-electron chi connectivity index (χ4n) is 7.82. The highest BCUT2D eigenvalue weighted by atomic mass is 32.1. The van der Waals surface area contributed by atoms with Crippen LogP contribution in [0.25, 0.3) is 32.1 Å². The molecule has 2 aromatic carbocycles. The number of ether oxygens (including phenoxy) is 1. The number of fused-ring (bicyclic) bond motifs is 2. The van der Waals surface area contributed by atoms with E-state index in [4.69, 9.17) is 10.5 Å². The van der Waals surface area contributed by atoms with E-state index in [9.17, 15) is 27.6 Å². The molecule has 4 aromatic rings. The van der Waals surface area contributed by atoms with Gasteiger partial charge in [-0.2, -0.15) is 28.4 Å². The smallest absolute Gasteiger partial charge is 0.417 e. The lowest BCUT2D eigenvalue weighted by Gasteiger charge is -2.32. The summed E-state index contributed by atoms with van der Waals surface area (Å²) in [5.41, 5.74) is 2.94. The van der Waals surface area contributed by atoms with Crippen molar-refractivity contribution in [2.75, 3.05) is 44.4 Å². The van der Waals surface area contributed by atoms with Crippen molar-refractivity contribution in [2.24, 2.45) is 5.41 Å². The quantitative estimate of drug-likeness (QED) is 0.166. The Balaban J connectivity index is 1.43. The lowest BCUT2D eigenvalue weighted by atomic mass is 9.92. The number of alkyl halides is 3. The van der Waals surface area contributed by atoms with Gasteiger partial charge in [0.15, 0.2) is 5.82 Å². The van der Waals surface area contributed by atoms with E-state index in [2.05, 4.69) is 21.4 Å². The summed E-state index contributed by atoms with van der Waals surface area (Å²) in [5.74, 6) is -2.44. The van der Waals surface area contributed by atoms with E-state index in [0.29, 0.717) is 24.3 Å². The van der Waals surface area contributed by atoms with Crippen LogP contribution in [-0.4, -0.2) is 77.6 Å². The molecule has 0 bridgehead atoms. The largest absolute Gasteiger partial charge is 0.462 e. The van der Waals surface area contributed by atoms with Gasteiger partial charge in [-0.25, -0.2) is 8.78 Å². The standard InChI is InChI=1S/C35H34F5N7O2S/c1-5-25(48)47-11-8-24(17(47)2)46(4)32-20-12-22(35(38,39)40)27(19-6-7-23(36)30-26(19)21(14-41)31(42)50-30)28(37)29(20)43-33(44-32)49-15-18-13-34(9-10-34)16-45(18)3/h5-7,12,17-18,24H,1,8-11,13,15-16,42H2,2-4H3/t17-,18+,24-/m1/s1. The number of halogens is 5. The third-order valence-electron chi connectivity index (χ3n) is 10.6. The summed E-state index contributed by atoms with van der Waals surface area (Å²) in [7, 11) is 3.63. The van der Waals surface area contributed by atoms with Gasteiger partial charge < -0.3 is 20.3 Å². The number of nitriles is 1. The number of nitrogens with two attached hydrogens (primary N) is 1. The molecule has 1 saturated carbocycles. The molecule has 2 aromatic heterocycles. The Labute approximate surface area is 288 Å². The number of aromatic nitrogens is 2. The normalized spacial score (nSPS) is 21.7. The van der Waals surface area contributed by atoms with Crippen molar-refractivity contribution in [1.29, 1.82) is 5.26 Å². The minimum absolute atomic E-state index is 0.00844. The maximum Gasteiger partial charge on any atom is 0.417 e. The zero-order valence-corrected chi connectivity index (χ0v) is 28.4. The Bertz CT molecular complexity index is 2110. The van der Waals surface area contributed by atoms with Gasteiger partial charge >= 0.3 is 12.2 Å². The van der Waals surface area contributed by atoms with E-state index >= 15 is 4.39 Å². The van der Waals surface area contributed by atoms with Gasteiger partial charge in [-0.1, -0.05) is 12.6 Å². The van der Waals surface area contributed by atoms with Crippen LogP contribution in [0.4, 0.5) is 32.8 Å². The third kappa shape index (κ3) is 5.49. The predicted octanol–water partition coefficient (Wildman–Crippen LogP) is 6.74. The number of carbonyl (C=O) groups is 1. The van der Waals surface area contributed by atoms with Crippen molar-refractivity contribution in [1.82, 2.24) is 19.8 Å². The summed E-state index contributed by atoms with van der Waals surface area (Å²) in [5, 5.41) is 9.28. The van der Waals surface area contributed by atoms with Crippen LogP contribution in [0, 0.1) is 28.4 Å². The van der Waals surface area contributed by atoms with Crippen LogP contribution in [0.3, 0.4) is 0 Å². The Kier molecular flexibility index (Phi) is 8.18. The van der Waals surface area contributed by atoms with Crippen LogP contribution in [0.2, 0.25) is 0 Å². The second-order valence-electron chi connectivity index (χ2n) is 13.6. The maximum atomic E-state index is 17.1. The first-order valence-electron chi connectivity index (χ1n) is 16.2. The average molecular weight is 712 g/mol. The molecular formula is C35H34F5N7O2S. The number of likely N-dealkylation sites (tertiary alicyclic amines) is 2. The fourth-order valence-corrected chi connectivity index (χ4v) is 8.77. The molecule has 15 heteroatoms. The molecule has 0 unspecified atom stereocenters. The molecule has 2 saturated heterocycles. The lowest BCUT2D eigenvalue weighted by molar-refractivity contribution is -0.137. The number of likely N-dealkylation sites (N-methyl/N-ethyl adjacent to an activating group) is 2. The first kappa shape index (κ1) is 33.9. The van der Waals surface area contributed by atoms with Gasteiger partial charge in [0, 0.05) is 48.6 Å². The van der Waals surface area contributed by atoms with Gasteiger partial charge in [-0.05, 0) is 68.8 Å². The molecule has 9 nitrogen and oxygen atoms in total. The highest BCUT2D eigenvalue weighted by Gasteiger charge is 2.51. The van der Waals surface area contributed by atoms with Crippen molar-refractivity contribution in [3.05, 3.63) is 53.6 Å². The molecule has 1 spiro atoms. The Morgan fingerprint density at radius 1 is 1.30 bits per heavy atom. The van der Waals surface area contributed by atoms with Gasteiger partial charge in [0.2, 0.25) is 5.91 Å². The van der Waals surface area contributed by atoms with Crippen molar-refractivity contribution in [3.63, 3.8) is 0 Å². The number of hydrogen-bond acceptors (Lipinski definition) is 9. The maximum absolute atomic E-state index is 17.1. The number of nitrogens with zero attached hydrogens (tertiary/aromatic N) is 6. The second-order valence-corrected chi connectivity index (χ2v) is 14.7. The number of nitrogen functional groups attached to an aromatic ring is 1. The number of anilines is 2. The Hall–Kier alpha value is -4.55. The van der Waals surface area contributed by atoms with Gasteiger partial charge in [0.1, 0.15) is 34.8 Å². The highest BCUT2D eigenvalue weighted by molar-refractivity contribution is 7.23. The van der Waals surface area contributed by atoms with E-state index in [0.717, 1.165) is 44.0 Å². The highest BCUT2D eigenvalue weighted by Crippen LogP contribution is 2.54. The number of amides is 1. The third-order valence-corrected chi connectivity index (χ3v) is 11.7. The van der Waals surface area contributed by atoms with Crippen LogP contribution in [0.1, 0.15) is 43.7 Å². The monoisotopic (exact) mass is 711 g/mol. The molecule has 1 amide bonds. The van der Waals surface area contributed by atoms with Crippen molar-refractivity contribution < 1.29 is 31.5 Å². The van der Waals surface area contributed by atoms with Gasteiger partial charge in [-0.3, -0.25) is 9.69 Å². The molecule has 2 N–H and O–H groups in total. The molecule has 3 atom stereocenters. The number of carbonyl (C=O) groups excluding carboxylic acids is 1. The van der Waals surface area contributed by atoms with E-state index < -0.39 is 40.5 Å². The van der Waals surface area contributed by atoms with Gasteiger partial charge in [0.05, 0.1) is 21.9 Å². The molecular weight excluding hydrogens is 677 g/mol. The SMILES string of the molecule is C=CC(=O)N1CC[C@@H](N(C)c2nc(OC[C@@H]3CC4(CC4)CN3C)nc3c(F)c(-c4ccc(F)c5sc(N)c(C#N)c45)c(C(F)(F)F)cc23)[C@H]1C. The first-order valence-corrected chi connectivity index (χ1v) is 17.0. The average Bonchev–Trinajstić information content (AvgIpc) is 3.39. The van der Waals surface area contributed by atoms with Crippen molar-refractivity contribution in [2.45, 2.75) is 56.9 Å². The summed E-state index contributed by atoms with van der Waals surface area (Å²) >= 11 is 0.698. The first-order chi connectivity index (χ1) is 23.7. The molecule has 50 heavy (non-hydrogen) atoms. The summed E-state index contributed by atoms with van der Waals surface area (Å²) in [6, 6.07) is 3.60. The summed E-state index contributed by atoms with van der Waals surface area (Å²) in [6.45, 7) is 6.87. The molecule has 262 valence electrons. The van der Waals surface area contributed by atoms with Crippen molar-refractivity contribution in [3.8, 4) is 23.2 Å². The molecule has 1 aliphatic carbocycles. The van der Waals surface area contributed by atoms with Crippen LogP contribution < -0.4 is 15.4 Å². The molecule has 4 heterocycles. The molecule has 3 fully saturated rings. The zero-order chi connectivity index (χ0) is 35.9. The van der Waals surface area contributed by atoms with Gasteiger partial charge in [0.25, 0.3) is 0 Å². The van der Waals surface area contributed by atoms with Crippen LogP contribution in [0.5, 0.6) is 6.01 Å². The van der Waals surface area contributed by atoms with Crippen LogP contribution in [0.15, 0.2) is 30.9 Å². The molecule has 3 aliphatic rings. The predicted molar refractivity (Wildman–Crippen MR) is 181 cm³/mol. The fraction of sp³-hybridized carbons (Fsp3) is 0.429. The lowest BCUT2D eigenvalue weighted by Crippen LogP contribution is -2.43. The van der Waals surface area contributed by atoms with E-state index in [-0.39, 0.29) is 73.4 Å². The van der Waals surface area contributed by atoms with Crippen molar-refractivity contribution >= 4 is 49.1 Å². The number of rotatable bonds is 7. The Morgan fingerprint density at radius 3 is 2.68 bits per heavy atom. The van der Waals surface area contributed by atoms with E-state index in [1.807, 2.05) is 20.0 Å². The summed E-state index contributed by atoms with van der Waals surface area (Å²) < 4.78 is 82.9. The van der Waals surface area contributed by atoms with E-state index in [1.165, 1.54) is 6.08 Å². The summed E-state index contributed by atoms with van der Waals surface area (Å²) in [4.78, 5) is 26.9. The Morgan fingerprint density at radius 2 is 2.04 bits per heavy atom. The summed E-state index contributed by atoms with van der Waals surface area (Å²) in [6.07, 6.45) is -0.246. The van der Waals surface area contributed by atoms with Gasteiger partial charge in [-0.15, -0.1) is 11.3 Å². The minimum Gasteiger partial charge on any atom is -0.462 e. The topological polar surface area (TPSA) is 112 Å². The number of benzene rings is 2. The number of hydrogen-bond donors (Lipinski definition) is 1. The van der Waals surface area contributed by atoms with E-state index in [1.54, 1.807) is 16.8 Å². The molecule has 0 radical (unpaired) electrons. The van der Waals surface area contributed by atoms with Crippen LogP contribution in [-0.2, 0) is 11.0 Å².